The largest absolute Gasteiger partial charge is 0.478 e. The van der Waals surface area contributed by atoms with Crippen molar-refractivity contribution in [1.82, 2.24) is 9.78 Å². The van der Waals surface area contributed by atoms with E-state index in [2.05, 4.69) is 5.10 Å². The molecule has 4 heteroatoms. The Bertz CT molecular complexity index is 302. The zero-order valence-corrected chi connectivity index (χ0v) is 7.40. The minimum Gasteiger partial charge on any atom is -0.478 e. The predicted octanol–water partition coefficient (Wildman–Crippen LogP) is 1.47. The second-order valence-electron chi connectivity index (χ2n) is 2.99. The third kappa shape index (κ3) is 1.32. The van der Waals surface area contributed by atoms with Crippen LogP contribution in [-0.4, -0.2) is 20.9 Å². The van der Waals surface area contributed by atoms with E-state index in [1.54, 1.807) is 11.6 Å². The van der Waals surface area contributed by atoms with Gasteiger partial charge in [-0.3, -0.25) is 4.68 Å². The summed E-state index contributed by atoms with van der Waals surface area (Å²) in [6.45, 7) is 5.69. The second-order valence-corrected chi connectivity index (χ2v) is 2.99. The number of nitrogens with zero attached hydrogens (tertiary/aromatic N) is 2. The Morgan fingerprint density at radius 1 is 1.67 bits per heavy atom. The number of aromatic carboxylic acids is 1. The third-order valence-electron chi connectivity index (χ3n) is 1.76. The topological polar surface area (TPSA) is 55.1 Å². The van der Waals surface area contributed by atoms with Gasteiger partial charge < -0.3 is 5.11 Å². The zero-order chi connectivity index (χ0) is 9.30. The first-order valence-corrected chi connectivity index (χ1v) is 3.81. The molecule has 1 aromatic heterocycles. The highest BCUT2D eigenvalue weighted by Gasteiger charge is 2.13. The van der Waals surface area contributed by atoms with Gasteiger partial charge in [-0.15, -0.1) is 0 Å². The molecule has 1 rings (SSSR count). The average Bonchev–Trinajstić information content (AvgIpc) is 2.30. The predicted molar refractivity (Wildman–Crippen MR) is 44.3 cm³/mol. The van der Waals surface area contributed by atoms with Crippen molar-refractivity contribution >= 4 is 5.97 Å². The standard InChI is InChI=1S/C8H12N2O2/c1-5(2)10-6(3)7(4-9-10)8(11)12/h4-5H,1-3H3,(H,11,12). The maximum absolute atomic E-state index is 10.6. The van der Waals surface area contributed by atoms with Gasteiger partial charge in [0.15, 0.2) is 0 Å². The van der Waals surface area contributed by atoms with Crippen LogP contribution in [0.15, 0.2) is 6.20 Å². The molecule has 12 heavy (non-hydrogen) atoms. The van der Waals surface area contributed by atoms with Gasteiger partial charge in [-0.2, -0.15) is 5.10 Å². The van der Waals surface area contributed by atoms with E-state index in [9.17, 15) is 4.79 Å². The molecule has 0 unspecified atom stereocenters. The Morgan fingerprint density at radius 3 is 2.50 bits per heavy atom. The van der Waals surface area contributed by atoms with Gasteiger partial charge in [0.1, 0.15) is 5.56 Å². The summed E-state index contributed by atoms with van der Waals surface area (Å²) in [6.07, 6.45) is 1.39. The lowest BCUT2D eigenvalue weighted by Crippen LogP contribution is -2.06. The average molecular weight is 168 g/mol. The number of hydrogen-bond donors (Lipinski definition) is 1. The molecule has 1 heterocycles. The van der Waals surface area contributed by atoms with Crippen molar-refractivity contribution in [3.8, 4) is 0 Å². The molecule has 0 atom stereocenters. The summed E-state index contributed by atoms with van der Waals surface area (Å²) in [4.78, 5) is 10.6. The number of carbonyl (C=O) groups is 1. The molecule has 0 spiro atoms. The highest BCUT2D eigenvalue weighted by atomic mass is 16.4. The Morgan fingerprint density at radius 2 is 2.25 bits per heavy atom. The van der Waals surface area contributed by atoms with Gasteiger partial charge in [-0.25, -0.2) is 4.79 Å². The Labute approximate surface area is 70.8 Å². The van der Waals surface area contributed by atoms with Crippen molar-refractivity contribution in [2.45, 2.75) is 26.8 Å². The number of hydrogen-bond acceptors (Lipinski definition) is 2. The van der Waals surface area contributed by atoms with E-state index in [-0.39, 0.29) is 11.6 Å². The first kappa shape index (κ1) is 8.77. The van der Waals surface area contributed by atoms with Gasteiger partial charge in [0, 0.05) is 6.04 Å². The van der Waals surface area contributed by atoms with Gasteiger partial charge in [-0.05, 0) is 20.8 Å². The summed E-state index contributed by atoms with van der Waals surface area (Å²) in [6, 6.07) is 0.207. The van der Waals surface area contributed by atoms with Crippen molar-refractivity contribution < 1.29 is 9.90 Å². The normalized spacial score (nSPS) is 10.7. The molecule has 66 valence electrons. The first-order valence-electron chi connectivity index (χ1n) is 3.81. The van der Waals surface area contributed by atoms with Crippen LogP contribution in [0.4, 0.5) is 0 Å². The monoisotopic (exact) mass is 168 g/mol. The van der Waals surface area contributed by atoms with Crippen LogP contribution >= 0.6 is 0 Å². The van der Waals surface area contributed by atoms with Crippen molar-refractivity contribution in [2.75, 3.05) is 0 Å². The Kier molecular flexibility index (Phi) is 2.17. The fraction of sp³-hybridized carbons (Fsp3) is 0.500. The maximum Gasteiger partial charge on any atom is 0.339 e. The van der Waals surface area contributed by atoms with Crippen LogP contribution in [0.5, 0.6) is 0 Å². The molecule has 0 radical (unpaired) electrons. The van der Waals surface area contributed by atoms with Crippen molar-refractivity contribution in [1.29, 1.82) is 0 Å². The summed E-state index contributed by atoms with van der Waals surface area (Å²) >= 11 is 0. The summed E-state index contributed by atoms with van der Waals surface area (Å²) in [5.74, 6) is -0.917. The molecule has 1 N–H and O–H groups in total. The molecule has 0 aliphatic carbocycles. The minimum atomic E-state index is -0.917. The number of rotatable bonds is 2. The molecule has 4 nitrogen and oxygen atoms in total. The van der Waals surface area contributed by atoms with Crippen molar-refractivity contribution in [2.24, 2.45) is 0 Å². The highest BCUT2D eigenvalue weighted by molar-refractivity contribution is 5.88. The van der Waals surface area contributed by atoms with E-state index in [1.165, 1.54) is 6.20 Å². The lowest BCUT2D eigenvalue weighted by molar-refractivity contribution is 0.0696. The SMILES string of the molecule is Cc1c(C(=O)O)cnn1C(C)C. The molecule has 0 saturated carbocycles. The van der Waals surface area contributed by atoms with Gasteiger partial charge in [-0.1, -0.05) is 0 Å². The fourth-order valence-corrected chi connectivity index (χ4v) is 1.15. The summed E-state index contributed by atoms with van der Waals surface area (Å²) in [5.41, 5.74) is 0.987. The van der Waals surface area contributed by atoms with Gasteiger partial charge in [0.25, 0.3) is 0 Å². The zero-order valence-electron chi connectivity index (χ0n) is 7.40. The van der Waals surface area contributed by atoms with E-state index < -0.39 is 5.97 Å². The van der Waals surface area contributed by atoms with Crippen LogP contribution in [-0.2, 0) is 0 Å². The third-order valence-corrected chi connectivity index (χ3v) is 1.76. The lowest BCUT2D eigenvalue weighted by atomic mass is 10.2. The van der Waals surface area contributed by atoms with Crippen LogP contribution < -0.4 is 0 Å². The highest BCUT2D eigenvalue weighted by Crippen LogP contribution is 2.11. The van der Waals surface area contributed by atoms with Gasteiger partial charge in [0.2, 0.25) is 0 Å². The molecule has 0 aliphatic rings. The van der Waals surface area contributed by atoms with E-state index >= 15 is 0 Å². The van der Waals surface area contributed by atoms with E-state index in [4.69, 9.17) is 5.11 Å². The molecular weight excluding hydrogens is 156 g/mol. The molecular formula is C8H12N2O2. The van der Waals surface area contributed by atoms with Gasteiger partial charge in [0.05, 0.1) is 11.9 Å². The number of aromatic nitrogens is 2. The Hall–Kier alpha value is -1.32. The summed E-state index contributed by atoms with van der Waals surface area (Å²) in [5, 5.41) is 12.7. The minimum absolute atomic E-state index is 0.207. The van der Waals surface area contributed by atoms with Crippen LogP contribution in [0.3, 0.4) is 0 Å². The second kappa shape index (κ2) is 2.97. The summed E-state index contributed by atoms with van der Waals surface area (Å²) in [7, 11) is 0. The number of carboxylic acid groups (broad SMARTS) is 1. The first-order chi connectivity index (χ1) is 5.54. The van der Waals surface area contributed by atoms with Crippen LogP contribution in [0, 0.1) is 6.92 Å². The molecule has 0 aliphatic heterocycles. The fourth-order valence-electron chi connectivity index (χ4n) is 1.15. The van der Waals surface area contributed by atoms with E-state index in [0.29, 0.717) is 5.69 Å². The maximum atomic E-state index is 10.6. The smallest absolute Gasteiger partial charge is 0.339 e. The quantitative estimate of drug-likeness (QED) is 0.727. The van der Waals surface area contributed by atoms with Crippen molar-refractivity contribution in [3.05, 3.63) is 17.5 Å². The van der Waals surface area contributed by atoms with E-state index in [0.717, 1.165) is 0 Å². The Balaban J connectivity index is 3.13. The number of carboxylic acids is 1. The van der Waals surface area contributed by atoms with Crippen LogP contribution in [0.1, 0.15) is 35.9 Å². The molecule has 0 aromatic carbocycles. The lowest BCUT2D eigenvalue weighted by Gasteiger charge is -2.07. The summed E-state index contributed by atoms with van der Waals surface area (Å²) < 4.78 is 1.70. The molecule has 0 amide bonds. The van der Waals surface area contributed by atoms with Crippen LogP contribution in [0.25, 0.3) is 0 Å². The molecule has 0 fully saturated rings. The molecule has 1 aromatic rings. The molecule has 0 bridgehead atoms. The van der Waals surface area contributed by atoms with E-state index in [1.807, 2.05) is 13.8 Å². The van der Waals surface area contributed by atoms with Crippen LogP contribution in [0.2, 0.25) is 0 Å². The van der Waals surface area contributed by atoms with Gasteiger partial charge >= 0.3 is 5.97 Å². The van der Waals surface area contributed by atoms with Crippen molar-refractivity contribution in [3.63, 3.8) is 0 Å². The molecule has 0 saturated heterocycles.